The van der Waals surface area contributed by atoms with E-state index in [4.69, 9.17) is 9.47 Å². The van der Waals surface area contributed by atoms with Crippen molar-refractivity contribution < 1.29 is 23.5 Å². The third-order valence-corrected chi connectivity index (χ3v) is 7.56. The summed E-state index contributed by atoms with van der Waals surface area (Å²) < 4.78 is 24.8. The fraction of sp³-hybridized carbons (Fsp3) is 0.517. The number of fused-ring (bicyclic) bond motifs is 1. The third-order valence-electron chi connectivity index (χ3n) is 7.56. The molecular weight excluding hydrogens is 431 g/mol. The molecule has 2 aliphatic rings. The van der Waals surface area contributed by atoms with Gasteiger partial charge >= 0.3 is 11.9 Å². The van der Waals surface area contributed by atoms with Gasteiger partial charge in [0.15, 0.2) is 0 Å². The summed E-state index contributed by atoms with van der Waals surface area (Å²) in [5.74, 6) is 0.855. The monoisotopic (exact) mass is 466 g/mol. The zero-order chi connectivity index (χ0) is 23.9. The zero-order valence-corrected chi connectivity index (χ0v) is 20.0. The molecule has 4 atom stereocenters. The van der Waals surface area contributed by atoms with Crippen molar-refractivity contribution in [2.75, 3.05) is 0 Å². The fourth-order valence-electron chi connectivity index (χ4n) is 5.66. The molecule has 0 spiro atoms. The lowest BCUT2D eigenvalue weighted by molar-refractivity contribution is -0.00628. The first-order chi connectivity index (χ1) is 16.5. The van der Waals surface area contributed by atoms with Gasteiger partial charge in [0, 0.05) is 0 Å². The van der Waals surface area contributed by atoms with Gasteiger partial charge < -0.3 is 9.47 Å². The Kier molecular flexibility index (Phi) is 8.36. The summed E-state index contributed by atoms with van der Waals surface area (Å²) in [6, 6.07) is 11.9. The van der Waals surface area contributed by atoms with E-state index in [1.165, 1.54) is 75.3 Å². The number of carbonyl (C=O) groups excluding carboxylic acids is 2. The summed E-state index contributed by atoms with van der Waals surface area (Å²) in [6.45, 7) is 2.26. The molecule has 4 nitrogen and oxygen atoms in total. The molecule has 34 heavy (non-hydrogen) atoms. The highest BCUT2D eigenvalue weighted by atomic mass is 19.1. The molecule has 4 unspecified atom stereocenters. The van der Waals surface area contributed by atoms with Crippen LogP contribution in [0.2, 0.25) is 0 Å². The van der Waals surface area contributed by atoms with Crippen LogP contribution in [0.4, 0.5) is 4.39 Å². The Labute approximate surface area is 201 Å². The molecule has 0 N–H and O–H groups in total. The number of esters is 2. The summed E-state index contributed by atoms with van der Waals surface area (Å²) in [4.78, 5) is 24.9. The van der Waals surface area contributed by atoms with Gasteiger partial charge in [-0.25, -0.2) is 14.0 Å². The lowest BCUT2D eigenvalue weighted by Crippen LogP contribution is -2.35. The van der Waals surface area contributed by atoms with Gasteiger partial charge in [-0.1, -0.05) is 51.2 Å². The van der Waals surface area contributed by atoms with E-state index < -0.39 is 11.8 Å². The highest BCUT2D eigenvalue weighted by Gasteiger charge is 2.36. The van der Waals surface area contributed by atoms with Gasteiger partial charge in [0.1, 0.15) is 17.7 Å². The number of ether oxygens (including phenoxy) is 2. The molecule has 0 bridgehead atoms. The Balaban J connectivity index is 1.25. The van der Waals surface area contributed by atoms with Crippen molar-refractivity contribution in [2.45, 2.75) is 77.2 Å². The average molecular weight is 467 g/mol. The van der Waals surface area contributed by atoms with Crippen LogP contribution in [0.3, 0.4) is 0 Å². The molecule has 0 amide bonds. The number of rotatable bonds is 8. The van der Waals surface area contributed by atoms with Crippen LogP contribution in [-0.4, -0.2) is 18.0 Å². The third kappa shape index (κ3) is 6.25. The normalized spacial score (nSPS) is 24.2. The second-order valence-electron chi connectivity index (χ2n) is 9.93. The van der Waals surface area contributed by atoms with E-state index in [1.54, 1.807) is 18.2 Å². The van der Waals surface area contributed by atoms with Crippen molar-refractivity contribution in [3.63, 3.8) is 0 Å². The summed E-state index contributed by atoms with van der Waals surface area (Å²) in [5.41, 5.74) is 0.295. The standard InChI is InChI=1S/C29H35FO4/c1-2-3-4-7-20-10-11-23-19-25(17-14-22(23)18-20)34-28(31)21-12-15-24(16-13-21)33-29(32)26-8-5-6-9-27(26)30/h5-6,8-9,12-13,15-16,20,22-23,25H,2-4,7,10-11,14,17-19H2,1H3. The van der Waals surface area contributed by atoms with E-state index >= 15 is 0 Å². The Morgan fingerprint density at radius 1 is 0.882 bits per heavy atom. The van der Waals surface area contributed by atoms with Crippen LogP contribution in [0.15, 0.2) is 48.5 Å². The summed E-state index contributed by atoms with van der Waals surface area (Å²) >= 11 is 0. The molecule has 0 aromatic heterocycles. The maximum absolute atomic E-state index is 13.8. The molecule has 2 fully saturated rings. The van der Waals surface area contributed by atoms with E-state index in [9.17, 15) is 14.0 Å². The van der Waals surface area contributed by atoms with Gasteiger partial charge in [-0.15, -0.1) is 0 Å². The predicted octanol–water partition coefficient (Wildman–Crippen LogP) is 7.37. The van der Waals surface area contributed by atoms with Crippen LogP contribution in [0.5, 0.6) is 5.75 Å². The number of benzene rings is 2. The number of unbranched alkanes of at least 4 members (excludes halogenated alkanes) is 2. The first-order valence-electron chi connectivity index (χ1n) is 12.8. The van der Waals surface area contributed by atoms with Crippen molar-refractivity contribution in [1.29, 1.82) is 0 Å². The second kappa shape index (κ2) is 11.6. The largest absolute Gasteiger partial charge is 0.459 e. The van der Waals surface area contributed by atoms with Crippen molar-refractivity contribution in [2.24, 2.45) is 17.8 Å². The minimum Gasteiger partial charge on any atom is -0.459 e. The maximum atomic E-state index is 13.8. The Morgan fingerprint density at radius 3 is 2.38 bits per heavy atom. The van der Waals surface area contributed by atoms with Crippen molar-refractivity contribution in [3.05, 3.63) is 65.5 Å². The topological polar surface area (TPSA) is 52.6 Å². The lowest BCUT2D eigenvalue weighted by atomic mass is 9.66. The van der Waals surface area contributed by atoms with E-state index in [1.807, 2.05) is 0 Å². The SMILES string of the molecule is CCCCCC1CCC2CC(OC(=O)c3ccc(OC(=O)c4ccccc4F)cc3)CCC2C1. The van der Waals surface area contributed by atoms with Crippen LogP contribution in [0.1, 0.15) is 91.8 Å². The highest BCUT2D eigenvalue weighted by molar-refractivity contribution is 5.92. The van der Waals surface area contributed by atoms with Gasteiger partial charge in [-0.05, 0) is 86.3 Å². The Bertz CT molecular complexity index is 970. The fourth-order valence-corrected chi connectivity index (χ4v) is 5.66. The van der Waals surface area contributed by atoms with Crippen molar-refractivity contribution in [1.82, 2.24) is 0 Å². The molecular formula is C29H35FO4. The van der Waals surface area contributed by atoms with E-state index in [0.717, 1.165) is 31.1 Å². The molecule has 2 saturated carbocycles. The maximum Gasteiger partial charge on any atom is 0.346 e. The molecule has 0 saturated heterocycles. The van der Waals surface area contributed by atoms with Crippen LogP contribution in [-0.2, 0) is 4.74 Å². The smallest absolute Gasteiger partial charge is 0.346 e. The van der Waals surface area contributed by atoms with Crippen molar-refractivity contribution in [3.8, 4) is 5.75 Å². The summed E-state index contributed by atoms with van der Waals surface area (Å²) in [5, 5.41) is 0. The molecule has 2 aromatic rings. The first kappa shape index (κ1) is 24.4. The van der Waals surface area contributed by atoms with Gasteiger partial charge in [-0.2, -0.15) is 0 Å². The summed E-state index contributed by atoms with van der Waals surface area (Å²) in [6.07, 6.45) is 12.3. The molecule has 0 aliphatic heterocycles. The highest BCUT2D eigenvalue weighted by Crippen LogP contribution is 2.44. The minimum atomic E-state index is -0.773. The molecule has 2 aliphatic carbocycles. The van der Waals surface area contributed by atoms with E-state index in [0.29, 0.717) is 11.5 Å². The molecule has 5 heteroatoms. The zero-order valence-electron chi connectivity index (χ0n) is 20.0. The molecule has 4 rings (SSSR count). The number of hydrogen-bond acceptors (Lipinski definition) is 4. The van der Waals surface area contributed by atoms with Gasteiger partial charge in [0.05, 0.1) is 11.1 Å². The van der Waals surface area contributed by atoms with Crippen LogP contribution >= 0.6 is 0 Å². The Morgan fingerprint density at radius 2 is 1.62 bits per heavy atom. The minimum absolute atomic E-state index is 0.0241. The molecule has 0 heterocycles. The van der Waals surface area contributed by atoms with Crippen LogP contribution < -0.4 is 4.74 Å². The second-order valence-corrected chi connectivity index (χ2v) is 9.93. The van der Waals surface area contributed by atoms with Gasteiger partial charge in [-0.3, -0.25) is 0 Å². The van der Waals surface area contributed by atoms with Crippen LogP contribution in [0.25, 0.3) is 0 Å². The average Bonchev–Trinajstić information content (AvgIpc) is 2.85. The molecule has 2 aromatic carbocycles. The Hall–Kier alpha value is -2.69. The van der Waals surface area contributed by atoms with Gasteiger partial charge in [0.2, 0.25) is 0 Å². The quantitative estimate of drug-likeness (QED) is 0.232. The van der Waals surface area contributed by atoms with Crippen molar-refractivity contribution >= 4 is 11.9 Å². The number of carbonyl (C=O) groups is 2. The van der Waals surface area contributed by atoms with E-state index in [-0.39, 0.29) is 23.4 Å². The first-order valence-corrected chi connectivity index (χ1v) is 12.8. The predicted molar refractivity (Wildman–Crippen MR) is 129 cm³/mol. The van der Waals surface area contributed by atoms with E-state index in [2.05, 4.69) is 6.92 Å². The molecule has 0 radical (unpaired) electrons. The lowest BCUT2D eigenvalue weighted by Gasteiger charge is -2.42. The molecule has 182 valence electrons. The summed E-state index contributed by atoms with van der Waals surface area (Å²) in [7, 11) is 0. The van der Waals surface area contributed by atoms with Crippen LogP contribution in [0, 0.1) is 23.6 Å². The number of halogens is 1. The number of hydrogen-bond donors (Lipinski definition) is 0. The van der Waals surface area contributed by atoms with Gasteiger partial charge in [0.25, 0.3) is 0 Å².